The fourth-order valence-electron chi connectivity index (χ4n) is 1.76. The number of carbonyl (C=O) groups excluding carboxylic acids is 1. The minimum absolute atomic E-state index is 0.157. The molecule has 0 heterocycles. The third-order valence-electron chi connectivity index (χ3n) is 2.96. The molecule has 1 amide bonds. The number of nitrogens with one attached hydrogen (secondary N) is 1. The Balaban J connectivity index is 1.82. The van der Waals surface area contributed by atoms with Gasteiger partial charge in [-0.2, -0.15) is 0 Å². The van der Waals surface area contributed by atoms with Gasteiger partial charge in [0.1, 0.15) is 11.6 Å². The van der Waals surface area contributed by atoms with Gasteiger partial charge >= 0.3 is 0 Å². The van der Waals surface area contributed by atoms with Crippen molar-refractivity contribution in [1.82, 2.24) is 0 Å². The monoisotopic (exact) mass is 288 g/mol. The van der Waals surface area contributed by atoms with Crippen LogP contribution < -0.4 is 15.8 Å². The van der Waals surface area contributed by atoms with E-state index < -0.39 is 0 Å². The first kappa shape index (κ1) is 14.8. The molecule has 3 N–H and O–H groups in total. The highest BCUT2D eigenvalue weighted by molar-refractivity contribution is 5.90. The van der Waals surface area contributed by atoms with E-state index in [0.29, 0.717) is 22.7 Å². The number of nitrogens with two attached hydrogens (primary N) is 1. The van der Waals surface area contributed by atoms with Crippen molar-refractivity contribution in [3.8, 4) is 5.75 Å². The maximum atomic E-state index is 13.4. The van der Waals surface area contributed by atoms with E-state index in [1.54, 1.807) is 43.3 Å². The third-order valence-corrected chi connectivity index (χ3v) is 2.96. The second-order valence-corrected chi connectivity index (χ2v) is 4.65. The molecule has 0 radical (unpaired) electrons. The SMILES string of the molecule is Cc1ccc(NC(=O)CCOc2ccccc2N)cc1F. The predicted molar refractivity (Wildman–Crippen MR) is 80.7 cm³/mol. The highest BCUT2D eigenvalue weighted by Gasteiger charge is 2.06. The summed E-state index contributed by atoms with van der Waals surface area (Å²) in [5.41, 5.74) is 7.22. The Morgan fingerprint density at radius 2 is 2.05 bits per heavy atom. The highest BCUT2D eigenvalue weighted by atomic mass is 19.1. The lowest BCUT2D eigenvalue weighted by Crippen LogP contribution is -2.15. The van der Waals surface area contributed by atoms with E-state index in [4.69, 9.17) is 10.5 Å². The quantitative estimate of drug-likeness (QED) is 0.831. The summed E-state index contributed by atoms with van der Waals surface area (Å²) in [7, 11) is 0. The van der Waals surface area contributed by atoms with E-state index in [2.05, 4.69) is 5.32 Å². The number of amides is 1. The van der Waals surface area contributed by atoms with Crippen LogP contribution in [0.15, 0.2) is 42.5 Å². The van der Waals surface area contributed by atoms with Gasteiger partial charge in [0.15, 0.2) is 0 Å². The van der Waals surface area contributed by atoms with Gasteiger partial charge in [0.25, 0.3) is 0 Å². The lowest BCUT2D eigenvalue weighted by Gasteiger charge is -2.09. The summed E-state index contributed by atoms with van der Waals surface area (Å²) >= 11 is 0. The number of benzene rings is 2. The molecule has 0 spiro atoms. The average molecular weight is 288 g/mol. The highest BCUT2D eigenvalue weighted by Crippen LogP contribution is 2.20. The van der Waals surface area contributed by atoms with E-state index in [1.807, 2.05) is 0 Å². The van der Waals surface area contributed by atoms with Gasteiger partial charge in [-0.3, -0.25) is 4.79 Å². The Kier molecular flexibility index (Phi) is 4.77. The van der Waals surface area contributed by atoms with Crippen LogP contribution in [0.25, 0.3) is 0 Å². The maximum absolute atomic E-state index is 13.4. The van der Waals surface area contributed by atoms with Crippen LogP contribution in [0.2, 0.25) is 0 Å². The molecule has 0 atom stereocenters. The molecule has 0 aromatic heterocycles. The van der Waals surface area contributed by atoms with Crippen LogP contribution >= 0.6 is 0 Å². The minimum atomic E-state index is -0.346. The van der Waals surface area contributed by atoms with Crippen molar-refractivity contribution in [3.63, 3.8) is 0 Å². The summed E-state index contributed by atoms with van der Waals surface area (Å²) in [5, 5.41) is 2.62. The van der Waals surface area contributed by atoms with Crippen LogP contribution in [0.5, 0.6) is 5.75 Å². The van der Waals surface area contributed by atoms with Crippen LogP contribution in [-0.2, 0) is 4.79 Å². The molecule has 0 unspecified atom stereocenters. The first-order valence-corrected chi connectivity index (χ1v) is 6.59. The topological polar surface area (TPSA) is 64.3 Å². The number of anilines is 2. The zero-order valence-corrected chi connectivity index (χ0v) is 11.7. The molecule has 2 rings (SSSR count). The van der Waals surface area contributed by atoms with Crippen molar-refractivity contribution in [3.05, 3.63) is 53.8 Å². The van der Waals surface area contributed by atoms with Crippen LogP contribution in [0, 0.1) is 12.7 Å². The first-order valence-electron chi connectivity index (χ1n) is 6.59. The third kappa shape index (κ3) is 4.21. The smallest absolute Gasteiger partial charge is 0.227 e. The molecule has 0 saturated heterocycles. The normalized spacial score (nSPS) is 10.2. The van der Waals surface area contributed by atoms with Crippen LogP contribution in [-0.4, -0.2) is 12.5 Å². The van der Waals surface area contributed by atoms with Gasteiger partial charge in [-0.05, 0) is 36.8 Å². The molecule has 4 nitrogen and oxygen atoms in total. The van der Waals surface area contributed by atoms with Gasteiger partial charge in [0.2, 0.25) is 5.91 Å². The molecule has 2 aromatic carbocycles. The summed E-state index contributed by atoms with van der Waals surface area (Å²) in [6, 6.07) is 11.6. The molecule has 0 bridgehead atoms. The Morgan fingerprint density at radius 3 is 2.76 bits per heavy atom. The standard InChI is InChI=1S/C16H17FN2O2/c1-11-6-7-12(10-13(11)17)19-16(20)8-9-21-15-5-3-2-4-14(15)18/h2-7,10H,8-9,18H2,1H3,(H,19,20). The molecule has 110 valence electrons. The number of carbonyl (C=O) groups is 1. The summed E-state index contributed by atoms with van der Waals surface area (Å²) in [6.45, 7) is 1.87. The molecule has 2 aromatic rings. The maximum Gasteiger partial charge on any atom is 0.227 e. The van der Waals surface area contributed by atoms with E-state index in [-0.39, 0.29) is 24.8 Å². The summed E-state index contributed by atoms with van der Waals surface area (Å²) < 4.78 is 18.8. The van der Waals surface area contributed by atoms with E-state index >= 15 is 0 Å². The summed E-state index contributed by atoms with van der Waals surface area (Å²) in [6.07, 6.45) is 0.157. The van der Waals surface area contributed by atoms with Crippen LogP contribution in [0.3, 0.4) is 0 Å². The summed E-state index contributed by atoms with van der Waals surface area (Å²) in [5.74, 6) is -0.0412. The first-order chi connectivity index (χ1) is 10.1. The number of ether oxygens (including phenoxy) is 1. The molecular formula is C16H17FN2O2. The van der Waals surface area contributed by atoms with Crippen LogP contribution in [0.1, 0.15) is 12.0 Å². The van der Waals surface area contributed by atoms with Gasteiger partial charge in [-0.1, -0.05) is 18.2 Å². The van der Waals surface area contributed by atoms with Gasteiger partial charge in [0.05, 0.1) is 18.7 Å². The number of hydrogen-bond acceptors (Lipinski definition) is 3. The van der Waals surface area contributed by atoms with Crippen molar-refractivity contribution in [1.29, 1.82) is 0 Å². The van der Waals surface area contributed by atoms with Gasteiger partial charge in [-0.15, -0.1) is 0 Å². The van der Waals surface area contributed by atoms with E-state index in [0.717, 1.165) is 0 Å². The second-order valence-electron chi connectivity index (χ2n) is 4.65. The van der Waals surface area contributed by atoms with Crippen molar-refractivity contribution in [2.45, 2.75) is 13.3 Å². The van der Waals surface area contributed by atoms with Gasteiger partial charge < -0.3 is 15.8 Å². The molecular weight excluding hydrogens is 271 g/mol. The van der Waals surface area contributed by atoms with Gasteiger partial charge in [0, 0.05) is 5.69 Å². The lowest BCUT2D eigenvalue weighted by molar-refractivity contribution is -0.116. The average Bonchev–Trinajstić information content (AvgIpc) is 2.45. The summed E-state index contributed by atoms with van der Waals surface area (Å²) in [4.78, 5) is 11.7. The molecule has 0 saturated carbocycles. The van der Waals surface area contributed by atoms with Crippen LogP contribution in [0.4, 0.5) is 15.8 Å². The molecule has 0 aliphatic heterocycles. The second kappa shape index (κ2) is 6.74. The van der Waals surface area contributed by atoms with Crippen molar-refractivity contribution < 1.29 is 13.9 Å². The van der Waals surface area contributed by atoms with E-state index in [1.165, 1.54) is 6.07 Å². The van der Waals surface area contributed by atoms with Gasteiger partial charge in [-0.25, -0.2) is 4.39 Å². The number of halogens is 1. The lowest BCUT2D eigenvalue weighted by atomic mass is 10.2. The Labute approximate surface area is 122 Å². The predicted octanol–water partition coefficient (Wildman–Crippen LogP) is 3.12. The molecule has 0 fully saturated rings. The van der Waals surface area contributed by atoms with Crippen molar-refractivity contribution in [2.75, 3.05) is 17.7 Å². The fraction of sp³-hybridized carbons (Fsp3) is 0.188. The minimum Gasteiger partial charge on any atom is -0.491 e. The molecule has 5 heteroatoms. The molecule has 21 heavy (non-hydrogen) atoms. The van der Waals surface area contributed by atoms with Crippen molar-refractivity contribution in [2.24, 2.45) is 0 Å². The van der Waals surface area contributed by atoms with Crippen molar-refractivity contribution >= 4 is 17.3 Å². The zero-order chi connectivity index (χ0) is 15.2. The molecule has 0 aliphatic carbocycles. The Morgan fingerprint density at radius 1 is 1.29 bits per heavy atom. The van der Waals surface area contributed by atoms with E-state index in [9.17, 15) is 9.18 Å². The Hall–Kier alpha value is -2.56. The zero-order valence-electron chi connectivity index (χ0n) is 11.7. The molecule has 0 aliphatic rings. The number of hydrogen-bond donors (Lipinski definition) is 2. The Bertz CT molecular complexity index is 644. The fourth-order valence-corrected chi connectivity index (χ4v) is 1.76. The largest absolute Gasteiger partial charge is 0.491 e. The number of para-hydroxylation sites is 2. The number of aryl methyl sites for hydroxylation is 1. The number of rotatable bonds is 5. The number of nitrogen functional groups attached to an aromatic ring is 1.